The molecule has 2 aromatic rings. The van der Waals surface area contributed by atoms with Crippen LogP contribution in [0.3, 0.4) is 0 Å². The largest absolute Gasteiger partial charge is 0.372 e. The van der Waals surface area contributed by atoms with Gasteiger partial charge in [0.05, 0.1) is 0 Å². The molecule has 2 aromatic heterocycles. The third-order valence-electron chi connectivity index (χ3n) is 3.06. The van der Waals surface area contributed by atoms with Gasteiger partial charge < -0.3 is 15.4 Å². The number of imidazole rings is 1. The van der Waals surface area contributed by atoms with Crippen molar-refractivity contribution < 1.29 is 4.92 Å². The second-order valence-corrected chi connectivity index (χ2v) is 6.20. The van der Waals surface area contributed by atoms with Crippen molar-refractivity contribution in [1.29, 1.82) is 0 Å². The fourth-order valence-electron chi connectivity index (χ4n) is 1.47. The summed E-state index contributed by atoms with van der Waals surface area (Å²) >= 11 is 1.38. The van der Waals surface area contributed by atoms with Crippen LogP contribution in [0.2, 0.25) is 0 Å². The lowest BCUT2D eigenvalue weighted by atomic mass is 9.88. The first-order valence-electron chi connectivity index (χ1n) is 5.67. The molecule has 0 aliphatic heterocycles. The molecule has 7 heteroatoms. The molecule has 0 bridgehead atoms. The number of nitrogens with zero attached hydrogens (tertiary/aromatic N) is 3. The highest BCUT2D eigenvalue weighted by Gasteiger charge is 2.28. The zero-order valence-electron chi connectivity index (χ0n) is 10.8. The van der Waals surface area contributed by atoms with Crippen LogP contribution in [0.1, 0.15) is 27.7 Å². The van der Waals surface area contributed by atoms with E-state index in [9.17, 15) is 10.1 Å². The van der Waals surface area contributed by atoms with Gasteiger partial charge in [-0.1, -0.05) is 32.1 Å². The number of anilines is 1. The Labute approximate surface area is 109 Å². The number of hydrogen-bond acceptors (Lipinski definition) is 5. The summed E-state index contributed by atoms with van der Waals surface area (Å²) in [6.45, 7) is 8.23. The van der Waals surface area contributed by atoms with Crippen molar-refractivity contribution in [3.63, 3.8) is 0 Å². The molecule has 98 valence electrons. The highest BCUT2D eigenvalue weighted by molar-refractivity contribution is 7.15. The summed E-state index contributed by atoms with van der Waals surface area (Å²) in [7, 11) is 0. The molecule has 1 atom stereocenters. The Morgan fingerprint density at radius 1 is 1.56 bits per heavy atom. The number of thiazole rings is 1. The van der Waals surface area contributed by atoms with Gasteiger partial charge in [-0.3, -0.25) is 0 Å². The lowest BCUT2D eigenvalue weighted by molar-refractivity contribution is -0.389. The van der Waals surface area contributed by atoms with Crippen molar-refractivity contribution in [1.82, 2.24) is 9.38 Å². The van der Waals surface area contributed by atoms with Crippen LogP contribution in [0.15, 0.2) is 11.6 Å². The van der Waals surface area contributed by atoms with Crippen LogP contribution in [0.4, 0.5) is 11.6 Å². The first kappa shape index (κ1) is 12.8. The predicted molar refractivity (Wildman–Crippen MR) is 72.3 cm³/mol. The second-order valence-electron chi connectivity index (χ2n) is 5.33. The Bertz CT molecular complexity index is 581. The van der Waals surface area contributed by atoms with E-state index < -0.39 is 4.92 Å². The SMILES string of the molecule is CC(Nc1nc2sccn2c1[N+](=O)[O-])C(C)(C)C. The van der Waals surface area contributed by atoms with Crippen molar-refractivity contribution in [3.05, 3.63) is 21.7 Å². The maximum Gasteiger partial charge on any atom is 0.372 e. The third kappa shape index (κ3) is 2.17. The molecule has 18 heavy (non-hydrogen) atoms. The van der Waals surface area contributed by atoms with E-state index in [1.165, 1.54) is 15.7 Å². The summed E-state index contributed by atoms with van der Waals surface area (Å²) < 4.78 is 1.50. The summed E-state index contributed by atoms with van der Waals surface area (Å²) in [6, 6.07) is 0.0841. The van der Waals surface area contributed by atoms with Crippen molar-refractivity contribution in [2.24, 2.45) is 5.41 Å². The highest BCUT2D eigenvalue weighted by atomic mass is 32.1. The molecular weight excluding hydrogens is 252 g/mol. The Morgan fingerprint density at radius 3 is 2.78 bits per heavy atom. The van der Waals surface area contributed by atoms with E-state index in [1.807, 2.05) is 6.92 Å². The van der Waals surface area contributed by atoms with Crippen LogP contribution >= 0.6 is 11.3 Å². The van der Waals surface area contributed by atoms with Crippen LogP contribution in [-0.4, -0.2) is 20.3 Å². The summed E-state index contributed by atoms with van der Waals surface area (Å²) in [5.74, 6) is 0.344. The van der Waals surface area contributed by atoms with Crippen LogP contribution in [0.5, 0.6) is 0 Å². The van der Waals surface area contributed by atoms with E-state index in [1.54, 1.807) is 11.6 Å². The summed E-state index contributed by atoms with van der Waals surface area (Å²) in [4.78, 5) is 15.6. The van der Waals surface area contributed by atoms with Crippen molar-refractivity contribution in [2.75, 3.05) is 5.32 Å². The molecule has 2 rings (SSSR count). The van der Waals surface area contributed by atoms with Gasteiger partial charge in [-0.25, -0.2) is 0 Å². The molecule has 0 radical (unpaired) electrons. The van der Waals surface area contributed by atoms with Crippen LogP contribution in [0.25, 0.3) is 4.96 Å². The van der Waals surface area contributed by atoms with Crippen LogP contribution in [0, 0.1) is 15.5 Å². The molecular formula is C11H16N4O2S. The molecule has 0 amide bonds. The zero-order chi connectivity index (χ0) is 13.5. The molecule has 6 nitrogen and oxygen atoms in total. The minimum Gasteiger partial charge on any atom is -0.360 e. The number of fused-ring (bicyclic) bond motifs is 1. The molecule has 2 heterocycles. The van der Waals surface area contributed by atoms with Gasteiger partial charge in [0.25, 0.3) is 4.96 Å². The topological polar surface area (TPSA) is 72.5 Å². The average Bonchev–Trinajstić information content (AvgIpc) is 2.74. The van der Waals surface area contributed by atoms with Gasteiger partial charge in [-0.05, 0) is 17.3 Å². The minimum atomic E-state index is -0.398. The lowest BCUT2D eigenvalue weighted by Crippen LogP contribution is -2.31. The van der Waals surface area contributed by atoms with Gasteiger partial charge in [0.1, 0.15) is 6.20 Å². The second kappa shape index (κ2) is 4.24. The van der Waals surface area contributed by atoms with Gasteiger partial charge >= 0.3 is 5.82 Å². The van der Waals surface area contributed by atoms with Crippen molar-refractivity contribution >= 4 is 27.9 Å². The molecule has 1 N–H and O–H groups in total. The van der Waals surface area contributed by atoms with Crippen LogP contribution < -0.4 is 5.32 Å². The zero-order valence-corrected chi connectivity index (χ0v) is 11.6. The number of aromatic nitrogens is 2. The van der Waals surface area contributed by atoms with E-state index in [2.05, 4.69) is 31.1 Å². The van der Waals surface area contributed by atoms with Gasteiger partial charge in [-0.2, -0.15) is 9.38 Å². The number of rotatable bonds is 3. The van der Waals surface area contributed by atoms with E-state index in [-0.39, 0.29) is 17.3 Å². The lowest BCUT2D eigenvalue weighted by Gasteiger charge is -2.27. The Hall–Kier alpha value is -1.63. The quantitative estimate of drug-likeness (QED) is 0.685. The molecule has 0 fully saturated rings. The summed E-state index contributed by atoms with van der Waals surface area (Å²) in [5, 5.41) is 16.1. The Kier molecular flexibility index (Phi) is 3.02. The van der Waals surface area contributed by atoms with E-state index in [0.29, 0.717) is 10.8 Å². The van der Waals surface area contributed by atoms with Crippen molar-refractivity contribution in [3.8, 4) is 0 Å². The molecule has 0 aliphatic carbocycles. The number of hydrogen-bond donors (Lipinski definition) is 1. The fraction of sp³-hybridized carbons (Fsp3) is 0.545. The number of nitrogens with one attached hydrogen (secondary N) is 1. The molecule has 0 spiro atoms. The maximum absolute atomic E-state index is 11.1. The summed E-state index contributed by atoms with van der Waals surface area (Å²) in [5.41, 5.74) is 0.00487. The third-order valence-corrected chi connectivity index (χ3v) is 3.82. The molecule has 0 saturated heterocycles. The van der Waals surface area contributed by atoms with E-state index in [4.69, 9.17) is 0 Å². The Balaban J connectivity index is 2.41. The standard InChI is InChI=1S/C11H16N4O2S/c1-7(11(2,3)4)12-8-9(15(16)17)14-5-6-18-10(14)13-8/h5-7,12H,1-4H3. The highest BCUT2D eigenvalue weighted by Crippen LogP contribution is 2.31. The van der Waals surface area contributed by atoms with Gasteiger partial charge in [-0.15, -0.1) is 0 Å². The molecule has 0 aromatic carbocycles. The van der Waals surface area contributed by atoms with Crippen molar-refractivity contribution in [2.45, 2.75) is 33.7 Å². The molecule has 1 unspecified atom stereocenters. The average molecular weight is 268 g/mol. The van der Waals surface area contributed by atoms with Gasteiger partial charge in [0, 0.05) is 11.4 Å². The first-order valence-corrected chi connectivity index (χ1v) is 6.55. The summed E-state index contributed by atoms with van der Waals surface area (Å²) in [6.07, 6.45) is 1.66. The Morgan fingerprint density at radius 2 is 2.22 bits per heavy atom. The molecule has 0 aliphatic rings. The fourth-order valence-corrected chi connectivity index (χ4v) is 2.18. The maximum atomic E-state index is 11.1. The van der Waals surface area contributed by atoms with Gasteiger partial charge in [0.2, 0.25) is 5.82 Å². The predicted octanol–water partition coefficient (Wildman–Crippen LogP) is 3.15. The first-order chi connectivity index (χ1) is 8.30. The smallest absolute Gasteiger partial charge is 0.360 e. The van der Waals surface area contributed by atoms with Gasteiger partial charge in [0.15, 0.2) is 0 Å². The van der Waals surface area contributed by atoms with E-state index >= 15 is 0 Å². The van der Waals surface area contributed by atoms with E-state index in [0.717, 1.165) is 0 Å². The normalized spacial score (nSPS) is 13.8. The van der Waals surface area contributed by atoms with Crippen LogP contribution in [-0.2, 0) is 0 Å². The monoisotopic (exact) mass is 268 g/mol. The molecule has 0 saturated carbocycles. The number of nitro groups is 1. The minimum absolute atomic E-state index is 0.00218.